The Morgan fingerprint density at radius 1 is 0.483 bits per heavy atom. The molecule has 284 valence electrons. The molecule has 2 nitrogen and oxygen atoms in total. The first-order valence-electron chi connectivity index (χ1n) is 20.9. The van der Waals surface area contributed by atoms with Gasteiger partial charge < -0.3 is 4.42 Å². The third-order valence-electron chi connectivity index (χ3n) is 12.6. The second-order valence-corrected chi connectivity index (χ2v) is 17.2. The lowest BCUT2D eigenvalue weighted by Crippen LogP contribution is -2.07. The largest absolute Gasteiger partial charge is 0.456 e. The zero-order chi connectivity index (χ0) is 39.6. The van der Waals surface area contributed by atoms with Crippen LogP contribution in [0, 0.1) is 0 Å². The lowest BCUT2D eigenvalue weighted by molar-refractivity contribution is 0.668. The summed E-state index contributed by atoms with van der Waals surface area (Å²) >= 11 is 1.89. The number of hydrogen-bond donors (Lipinski definition) is 0. The first kappa shape index (κ1) is 34.9. The quantitative estimate of drug-likeness (QED) is 0.158. The Hall–Kier alpha value is -7.07. The van der Waals surface area contributed by atoms with E-state index in [2.05, 4.69) is 194 Å². The van der Waals surface area contributed by atoms with E-state index in [9.17, 15) is 0 Å². The molecule has 11 aromatic rings. The fourth-order valence-corrected chi connectivity index (χ4v) is 10.7. The van der Waals surface area contributed by atoms with E-state index in [1.54, 1.807) is 0 Å². The Balaban J connectivity index is 0.904. The van der Waals surface area contributed by atoms with Crippen LogP contribution in [-0.4, -0.2) is 5.71 Å². The summed E-state index contributed by atoms with van der Waals surface area (Å²) in [6.07, 6.45) is 2.75. The molecule has 0 spiro atoms. The smallest absolute Gasteiger partial charge is 0.135 e. The molecule has 0 aliphatic carbocycles. The number of aryl methyl sites for hydroxylation is 1. The molecule has 0 bridgehead atoms. The van der Waals surface area contributed by atoms with E-state index in [-0.39, 0.29) is 5.92 Å². The molecule has 60 heavy (non-hydrogen) atoms. The molecule has 1 aliphatic heterocycles. The minimum atomic E-state index is 0.185. The standard InChI is InChI=1S/C57H39NOS/c1-2-10-41(11-3-1)51-29-28-48-52(58-51)30-32-54-57(48)50-34-42(26-31-53(50)59-54)37-21-23-40(24-22-37)49(43-25-27-47-46-14-6-7-16-55(46)60-56(47)35-43)33-36-17-19-39(20-18-36)45-15-8-12-38-9-4-5-13-44(38)45/h1-27,30-32,34-35,49H,28-29,33H2. The Labute approximate surface area is 352 Å². The minimum Gasteiger partial charge on any atom is -0.456 e. The van der Waals surface area contributed by atoms with Gasteiger partial charge in [-0.1, -0.05) is 158 Å². The van der Waals surface area contributed by atoms with Crippen molar-refractivity contribution in [3.63, 3.8) is 0 Å². The van der Waals surface area contributed by atoms with Crippen LogP contribution in [-0.2, 0) is 12.8 Å². The number of furan rings is 1. The summed E-state index contributed by atoms with van der Waals surface area (Å²) in [5, 5.41) is 7.57. The van der Waals surface area contributed by atoms with Crippen LogP contribution in [0.2, 0.25) is 0 Å². The van der Waals surface area contributed by atoms with Crippen molar-refractivity contribution in [1.82, 2.24) is 0 Å². The van der Waals surface area contributed by atoms with Gasteiger partial charge in [0.15, 0.2) is 0 Å². The van der Waals surface area contributed by atoms with E-state index in [1.807, 2.05) is 11.3 Å². The van der Waals surface area contributed by atoms with Crippen LogP contribution in [0.1, 0.15) is 40.2 Å². The highest BCUT2D eigenvalue weighted by Crippen LogP contribution is 2.42. The van der Waals surface area contributed by atoms with Crippen molar-refractivity contribution >= 4 is 75.6 Å². The van der Waals surface area contributed by atoms with Crippen molar-refractivity contribution in [2.45, 2.75) is 25.2 Å². The molecule has 0 saturated heterocycles. The molecular formula is C57H39NOS. The first-order chi connectivity index (χ1) is 29.7. The number of rotatable bonds is 7. The monoisotopic (exact) mass is 785 g/mol. The maximum Gasteiger partial charge on any atom is 0.135 e. The topological polar surface area (TPSA) is 25.5 Å². The minimum absolute atomic E-state index is 0.185. The summed E-state index contributed by atoms with van der Waals surface area (Å²) in [6, 6.07) is 71.1. The van der Waals surface area contributed by atoms with Crippen molar-refractivity contribution in [1.29, 1.82) is 0 Å². The molecule has 9 aromatic carbocycles. The van der Waals surface area contributed by atoms with Crippen molar-refractivity contribution in [2.75, 3.05) is 0 Å². The van der Waals surface area contributed by atoms with E-state index in [4.69, 9.17) is 9.41 Å². The molecule has 1 aliphatic rings. The zero-order valence-electron chi connectivity index (χ0n) is 32.9. The van der Waals surface area contributed by atoms with Gasteiger partial charge in [0.1, 0.15) is 11.2 Å². The molecule has 12 rings (SSSR count). The van der Waals surface area contributed by atoms with Gasteiger partial charge in [-0.05, 0) is 117 Å². The van der Waals surface area contributed by atoms with Gasteiger partial charge in [-0.2, -0.15) is 0 Å². The first-order valence-corrected chi connectivity index (χ1v) is 21.7. The predicted octanol–water partition coefficient (Wildman–Crippen LogP) is 15.9. The summed E-state index contributed by atoms with van der Waals surface area (Å²) in [6.45, 7) is 0. The maximum atomic E-state index is 6.43. The van der Waals surface area contributed by atoms with Gasteiger partial charge in [0.25, 0.3) is 0 Å². The molecule has 0 fully saturated rings. The molecule has 2 aromatic heterocycles. The molecule has 1 atom stereocenters. The van der Waals surface area contributed by atoms with Crippen LogP contribution in [0.4, 0.5) is 5.69 Å². The Bertz CT molecular complexity index is 3440. The SMILES string of the molecule is c1ccc(C2=Nc3ccc4oc5ccc(-c6ccc(C(Cc7ccc(-c8cccc9ccccc89)cc7)c7ccc8c(c7)sc7ccccc78)cc6)cc5c4c3CC2)cc1. The molecule has 0 saturated carbocycles. The number of aliphatic imine (C=N–C) groups is 1. The van der Waals surface area contributed by atoms with Crippen LogP contribution in [0.25, 0.3) is 75.1 Å². The van der Waals surface area contributed by atoms with E-state index in [0.29, 0.717) is 0 Å². The van der Waals surface area contributed by atoms with Crippen LogP contribution in [0.5, 0.6) is 0 Å². The zero-order valence-corrected chi connectivity index (χ0v) is 33.8. The van der Waals surface area contributed by atoms with E-state index < -0.39 is 0 Å². The van der Waals surface area contributed by atoms with Gasteiger partial charge in [0.2, 0.25) is 0 Å². The second kappa shape index (κ2) is 14.3. The fourth-order valence-electron chi connectivity index (χ4n) is 9.58. The summed E-state index contributed by atoms with van der Waals surface area (Å²) in [5.74, 6) is 0.185. The molecule has 1 unspecified atom stereocenters. The summed E-state index contributed by atoms with van der Waals surface area (Å²) in [4.78, 5) is 5.15. The van der Waals surface area contributed by atoms with Gasteiger partial charge in [-0.25, -0.2) is 0 Å². The van der Waals surface area contributed by atoms with E-state index in [0.717, 1.165) is 47.2 Å². The average Bonchev–Trinajstić information content (AvgIpc) is 3.89. The third kappa shape index (κ3) is 6.04. The maximum absolute atomic E-state index is 6.43. The molecule has 3 heterocycles. The lowest BCUT2D eigenvalue weighted by atomic mass is 9.84. The summed E-state index contributed by atoms with van der Waals surface area (Å²) < 4.78 is 9.11. The van der Waals surface area contributed by atoms with Crippen molar-refractivity contribution in [3.8, 4) is 22.3 Å². The highest BCUT2D eigenvalue weighted by atomic mass is 32.1. The fraction of sp³-hybridized carbons (Fsp3) is 0.0702. The predicted molar refractivity (Wildman–Crippen MR) is 254 cm³/mol. The van der Waals surface area contributed by atoms with Crippen molar-refractivity contribution in [2.24, 2.45) is 4.99 Å². The molecule has 0 N–H and O–H groups in total. The number of benzene rings is 9. The van der Waals surface area contributed by atoms with Crippen LogP contribution in [0.15, 0.2) is 204 Å². The molecule has 0 amide bonds. The second-order valence-electron chi connectivity index (χ2n) is 16.1. The van der Waals surface area contributed by atoms with E-state index in [1.165, 1.54) is 86.4 Å². The molecular weight excluding hydrogens is 747 g/mol. The number of nitrogens with zero attached hydrogens (tertiary/aromatic N) is 1. The van der Waals surface area contributed by atoms with Crippen LogP contribution < -0.4 is 0 Å². The lowest BCUT2D eigenvalue weighted by Gasteiger charge is -2.20. The highest BCUT2D eigenvalue weighted by molar-refractivity contribution is 7.25. The van der Waals surface area contributed by atoms with Crippen LogP contribution in [0.3, 0.4) is 0 Å². The summed E-state index contributed by atoms with van der Waals surface area (Å²) in [5.41, 5.74) is 15.4. The van der Waals surface area contributed by atoms with Crippen molar-refractivity contribution < 1.29 is 4.42 Å². The normalized spacial score (nSPS) is 13.3. The van der Waals surface area contributed by atoms with Gasteiger partial charge in [-0.15, -0.1) is 11.3 Å². The van der Waals surface area contributed by atoms with Gasteiger partial charge in [0, 0.05) is 42.6 Å². The molecule has 3 heteroatoms. The number of fused-ring (bicyclic) bond motifs is 9. The number of hydrogen-bond acceptors (Lipinski definition) is 3. The average molecular weight is 786 g/mol. The van der Waals surface area contributed by atoms with Gasteiger partial charge >= 0.3 is 0 Å². The van der Waals surface area contributed by atoms with Crippen LogP contribution >= 0.6 is 11.3 Å². The van der Waals surface area contributed by atoms with Gasteiger partial charge in [0.05, 0.1) is 5.69 Å². The van der Waals surface area contributed by atoms with Crippen molar-refractivity contribution in [3.05, 3.63) is 222 Å². The third-order valence-corrected chi connectivity index (χ3v) is 13.8. The molecule has 0 radical (unpaired) electrons. The Morgan fingerprint density at radius 2 is 1.20 bits per heavy atom. The Kier molecular flexibility index (Phi) is 8.35. The van der Waals surface area contributed by atoms with E-state index >= 15 is 0 Å². The van der Waals surface area contributed by atoms with Gasteiger partial charge in [-0.3, -0.25) is 4.99 Å². The number of thiophene rings is 1. The highest BCUT2D eigenvalue weighted by Gasteiger charge is 2.21. The summed E-state index contributed by atoms with van der Waals surface area (Å²) in [7, 11) is 0. The Morgan fingerprint density at radius 3 is 2.08 bits per heavy atom.